The summed E-state index contributed by atoms with van der Waals surface area (Å²) >= 11 is 3.71. The Morgan fingerprint density at radius 2 is 0.875 bits per heavy atom. The molecule has 0 bridgehead atoms. The van der Waals surface area contributed by atoms with Crippen LogP contribution >= 0.6 is 22.7 Å². The summed E-state index contributed by atoms with van der Waals surface area (Å²) in [5.41, 5.74) is 4.71. The van der Waals surface area contributed by atoms with Gasteiger partial charge in [-0.3, -0.25) is 4.98 Å². The molecule has 7 aromatic rings. The third-order valence-electron chi connectivity index (χ3n) is 6.16. The third kappa shape index (κ3) is 2.79. The topological polar surface area (TPSA) is 12.9 Å². The highest BCUT2D eigenvalue weighted by Crippen LogP contribution is 2.38. The van der Waals surface area contributed by atoms with E-state index in [0.717, 1.165) is 11.1 Å². The molecule has 0 saturated carbocycles. The second-order valence-electron chi connectivity index (χ2n) is 8.08. The Kier molecular flexibility index (Phi) is 3.95. The van der Waals surface area contributed by atoms with Crippen molar-refractivity contribution in [2.45, 2.75) is 0 Å². The first kappa shape index (κ1) is 18.1. The number of hydrogen-bond acceptors (Lipinski definition) is 3. The minimum Gasteiger partial charge on any atom is -0.263 e. The highest BCUT2D eigenvalue weighted by atomic mass is 32.1. The Labute approximate surface area is 193 Å². The molecule has 0 aliphatic heterocycles. The molecule has 150 valence electrons. The van der Waals surface area contributed by atoms with E-state index in [4.69, 9.17) is 0 Å². The molecule has 0 spiro atoms. The lowest BCUT2D eigenvalue weighted by molar-refractivity contribution is 1.33. The largest absolute Gasteiger partial charge is 0.263 e. The summed E-state index contributed by atoms with van der Waals surface area (Å²) in [6.07, 6.45) is 3.94. The monoisotopic (exact) mass is 443 g/mol. The molecule has 0 saturated heterocycles. The van der Waals surface area contributed by atoms with Gasteiger partial charge in [0.2, 0.25) is 0 Å². The predicted octanol–water partition coefficient (Wildman–Crippen LogP) is 9.15. The number of pyridine rings is 1. The molecule has 3 aromatic heterocycles. The number of thiophene rings is 2. The summed E-state index contributed by atoms with van der Waals surface area (Å²) in [5.74, 6) is 0. The van der Waals surface area contributed by atoms with Gasteiger partial charge in [0.05, 0.1) is 0 Å². The average molecular weight is 444 g/mol. The van der Waals surface area contributed by atoms with Crippen molar-refractivity contribution in [1.29, 1.82) is 0 Å². The molecular formula is C29H17NS2. The molecule has 0 atom stereocenters. The standard InChI is InChI=1S/C29H17NS2/c1-3-7-26-22(5-1)24-14-18(9-11-28(24)31-26)20-13-21(17-30-16-20)19-10-12-29-25(15-19)23-6-2-4-8-27(23)32-29/h1-17H. The lowest BCUT2D eigenvalue weighted by Crippen LogP contribution is -1.84. The van der Waals surface area contributed by atoms with Crippen molar-refractivity contribution < 1.29 is 0 Å². The molecule has 0 aliphatic rings. The maximum absolute atomic E-state index is 4.60. The maximum atomic E-state index is 4.60. The Bertz CT molecular complexity index is 1660. The zero-order chi connectivity index (χ0) is 21.1. The summed E-state index contributed by atoms with van der Waals surface area (Å²) in [4.78, 5) is 4.60. The van der Waals surface area contributed by atoms with Crippen molar-refractivity contribution in [3.8, 4) is 22.3 Å². The minimum absolute atomic E-state index is 1.15. The fourth-order valence-electron chi connectivity index (χ4n) is 4.57. The lowest BCUT2D eigenvalue weighted by Gasteiger charge is -2.07. The quantitative estimate of drug-likeness (QED) is 0.259. The van der Waals surface area contributed by atoms with Gasteiger partial charge in [-0.15, -0.1) is 22.7 Å². The number of aromatic nitrogens is 1. The van der Waals surface area contributed by atoms with E-state index < -0.39 is 0 Å². The molecule has 0 aliphatic carbocycles. The fourth-order valence-corrected chi connectivity index (χ4v) is 6.74. The zero-order valence-corrected chi connectivity index (χ0v) is 18.7. The highest BCUT2D eigenvalue weighted by Gasteiger charge is 2.10. The van der Waals surface area contributed by atoms with Crippen molar-refractivity contribution in [1.82, 2.24) is 4.98 Å². The van der Waals surface area contributed by atoms with Crippen molar-refractivity contribution in [3.05, 3.63) is 103 Å². The van der Waals surface area contributed by atoms with Crippen LogP contribution < -0.4 is 0 Å². The van der Waals surface area contributed by atoms with Gasteiger partial charge in [-0.25, -0.2) is 0 Å². The minimum atomic E-state index is 1.15. The SMILES string of the molecule is c1ccc2c(c1)sc1ccc(-c3cncc(-c4ccc5sc6ccccc6c5c4)c3)cc12. The molecule has 7 rings (SSSR count). The van der Waals surface area contributed by atoms with Gasteiger partial charge in [0, 0.05) is 63.9 Å². The van der Waals surface area contributed by atoms with Crippen molar-refractivity contribution >= 4 is 63.0 Å². The number of rotatable bonds is 2. The number of hydrogen-bond donors (Lipinski definition) is 0. The van der Waals surface area contributed by atoms with Crippen LogP contribution in [0, 0.1) is 0 Å². The van der Waals surface area contributed by atoms with Gasteiger partial charge in [0.1, 0.15) is 0 Å². The van der Waals surface area contributed by atoms with E-state index in [1.807, 2.05) is 35.1 Å². The fraction of sp³-hybridized carbons (Fsp3) is 0. The van der Waals surface area contributed by atoms with Gasteiger partial charge < -0.3 is 0 Å². The van der Waals surface area contributed by atoms with E-state index >= 15 is 0 Å². The predicted molar refractivity (Wildman–Crippen MR) is 141 cm³/mol. The van der Waals surface area contributed by atoms with Crippen LogP contribution in [0.1, 0.15) is 0 Å². The van der Waals surface area contributed by atoms with Crippen LogP contribution in [-0.4, -0.2) is 4.98 Å². The van der Waals surface area contributed by atoms with Crippen molar-refractivity contribution in [2.75, 3.05) is 0 Å². The molecule has 3 heterocycles. The number of fused-ring (bicyclic) bond motifs is 6. The van der Waals surface area contributed by atoms with Crippen molar-refractivity contribution in [3.63, 3.8) is 0 Å². The van der Waals surface area contributed by atoms with E-state index in [-0.39, 0.29) is 0 Å². The average Bonchev–Trinajstić information content (AvgIpc) is 3.41. The summed E-state index contributed by atoms with van der Waals surface area (Å²) < 4.78 is 5.33. The summed E-state index contributed by atoms with van der Waals surface area (Å²) in [6, 6.07) is 33.1. The van der Waals surface area contributed by atoms with Crippen LogP contribution in [0.15, 0.2) is 103 Å². The van der Waals surface area contributed by atoms with Crippen LogP contribution in [0.3, 0.4) is 0 Å². The molecule has 0 N–H and O–H groups in total. The van der Waals surface area contributed by atoms with E-state index in [0.29, 0.717) is 0 Å². The van der Waals surface area contributed by atoms with Gasteiger partial charge in [-0.05, 0) is 53.6 Å². The van der Waals surface area contributed by atoms with Crippen LogP contribution in [0.25, 0.3) is 62.6 Å². The summed E-state index contributed by atoms with van der Waals surface area (Å²) in [7, 11) is 0. The molecule has 0 amide bonds. The molecular weight excluding hydrogens is 426 g/mol. The first-order chi connectivity index (χ1) is 15.8. The van der Waals surface area contributed by atoms with Gasteiger partial charge in [0.15, 0.2) is 0 Å². The van der Waals surface area contributed by atoms with Gasteiger partial charge in [0.25, 0.3) is 0 Å². The molecule has 1 nitrogen and oxygen atoms in total. The summed E-state index contributed by atoms with van der Waals surface area (Å²) in [5, 5.41) is 5.29. The van der Waals surface area contributed by atoms with Crippen LogP contribution in [-0.2, 0) is 0 Å². The summed E-state index contributed by atoms with van der Waals surface area (Å²) in [6.45, 7) is 0. The van der Waals surface area contributed by atoms with Gasteiger partial charge in [-0.2, -0.15) is 0 Å². The normalized spacial score (nSPS) is 11.8. The van der Waals surface area contributed by atoms with Crippen LogP contribution in [0.4, 0.5) is 0 Å². The number of benzene rings is 4. The Balaban J connectivity index is 1.37. The Hall–Kier alpha value is -3.53. The molecule has 0 unspecified atom stereocenters. The second-order valence-corrected chi connectivity index (χ2v) is 10.2. The van der Waals surface area contributed by atoms with Gasteiger partial charge >= 0.3 is 0 Å². The first-order valence-electron chi connectivity index (χ1n) is 10.6. The second kappa shape index (κ2) is 6.99. The zero-order valence-electron chi connectivity index (χ0n) is 17.1. The van der Waals surface area contributed by atoms with Crippen molar-refractivity contribution in [2.24, 2.45) is 0 Å². The molecule has 0 fully saturated rings. The highest BCUT2D eigenvalue weighted by molar-refractivity contribution is 7.26. The molecule has 3 heteroatoms. The Morgan fingerprint density at radius 3 is 1.41 bits per heavy atom. The van der Waals surface area contributed by atoms with Crippen LogP contribution in [0.2, 0.25) is 0 Å². The van der Waals surface area contributed by atoms with Gasteiger partial charge in [-0.1, -0.05) is 48.5 Å². The van der Waals surface area contributed by atoms with E-state index in [9.17, 15) is 0 Å². The van der Waals surface area contributed by atoms with Crippen LogP contribution in [0.5, 0.6) is 0 Å². The smallest absolute Gasteiger partial charge is 0.0355 e. The first-order valence-corrected chi connectivity index (χ1v) is 12.3. The maximum Gasteiger partial charge on any atom is 0.0355 e. The molecule has 4 aromatic carbocycles. The molecule has 0 radical (unpaired) electrons. The molecule has 32 heavy (non-hydrogen) atoms. The van der Waals surface area contributed by atoms with E-state index in [2.05, 4.69) is 96.0 Å². The lowest BCUT2D eigenvalue weighted by atomic mass is 9.99. The Morgan fingerprint density at radius 1 is 0.406 bits per heavy atom. The van der Waals surface area contributed by atoms with E-state index in [1.54, 1.807) is 0 Å². The van der Waals surface area contributed by atoms with E-state index in [1.165, 1.54) is 51.5 Å². The third-order valence-corrected chi connectivity index (χ3v) is 8.46. The number of nitrogens with zero attached hydrogens (tertiary/aromatic N) is 1.